The van der Waals surface area contributed by atoms with Gasteiger partial charge in [-0.05, 0) is 47.9 Å². The molecule has 2 aromatic carbocycles. The lowest BCUT2D eigenvalue weighted by atomic mass is 9.74. The number of Topliss-reactive ketones (excluding diaryl/α,β-unsaturated/α-hetero) is 1. The third kappa shape index (κ3) is 2.69. The van der Waals surface area contributed by atoms with Crippen LogP contribution in [0.25, 0.3) is 0 Å². The van der Waals surface area contributed by atoms with Crippen LogP contribution in [-0.4, -0.2) is 14.2 Å². The van der Waals surface area contributed by atoms with Gasteiger partial charge in [0, 0.05) is 12.3 Å². The number of aryl methyl sites for hydroxylation is 2. The Morgan fingerprint density at radius 2 is 1.70 bits per heavy atom. The Bertz CT molecular complexity index is 1090. The van der Waals surface area contributed by atoms with E-state index < -0.39 is 15.3 Å². The number of sulfone groups is 1. The maximum absolute atomic E-state index is 13.6. The third-order valence-corrected chi connectivity index (χ3v) is 7.94. The quantitative estimate of drug-likeness (QED) is 0.722. The molecule has 3 nitrogen and oxygen atoms in total. The average Bonchev–Trinajstić information content (AvgIpc) is 2.74. The number of benzene rings is 2. The maximum atomic E-state index is 13.6. The molecule has 0 saturated heterocycles. The molecule has 4 heteroatoms. The van der Waals surface area contributed by atoms with Crippen LogP contribution in [0.2, 0.25) is 0 Å². The second kappa shape index (κ2) is 5.90. The predicted molar refractivity (Wildman–Crippen MR) is 106 cm³/mol. The second-order valence-corrected chi connectivity index (χ2v) is 10.3. The molecule has 0 radical (unpaired) electrons. The molecule has 27 heavy (non-hydrogen) atoms. The van der Waals surface area contributed by atoms with Gasteiger partial charge in [-0.1, -0.05) is 61.9 Å². The summed E-state index contributed by atoms with van der Waals surface area (Å²) in [6, 6.07) is 13.8. The highest BCUT2D eigenvalue weighted by atomic mass is 32.2. The summed E-state index contributed by atoms with van der Waals surface area (Å²) < 4.78 is 27.3. The topological polar surface area (TPSA) is 51.2 Å². The molecule has 1 atom stereocenters. The van der Waals surface area contributed by atoms with Gasteiger partial charge in [0.05, 0.1) is 4.90 Å². The van der Waals surface area contributed by atoms with Crippen molar-refractivity contribution in [3.63, 3.8) is 0 Å². The first kappa shape index (κ1) is 18.2. The van der Waals surface area contributed by atoms with Crippen molar-refractivity contribution in [2.24, 2.45) is 5.41 Å². The molecule has 1 aliphatic carbocycles. The van der Waals surface area contributed by atoms with Gasteiger partial charge in [-0.2, -0.15) is 0 Å². The van der Waals surface area contributed by atoms with Crippen LogP contribution in [0.1, 0.15) is 48.4 Å². The smallest absolute Gasteiger partial charge is 0.210 e. The molecular formula is C23H24O3S. The average molecular weight is 381 g/mol. The van der Waals surface area contributed by atoms with E-state index in [4.69, 9.17) is 0 Å². The predicted octanol–water partition coefficient (Wildman–Crippen LogP) is 4.67. The molecular weight excluding hydrogens is 356 g/mol. The Balaban J connectivity index is 2.11. The zero-order valence-electron chi connectivity index (χ0n) is 16.2. The Morgan fingerprint density at radius 1 is 1.04 bits per heavy atom. The largest absolute Gasteiger partial charge is 0.293 e. The lowest BCUT2D eigenvalue weighted by Gasteiger charge is -2.29. The van der Waals surface area contributed by atoms with Gasteiger partial charge < -0.3 is 0 Å². The molecule has 0 spiro atoms. The van der Waals surface area contributed by atoms with Gasteiger partial charge in [0.15, 0.2) is 5.78 Å². The Labute approximate surface area is 161 Å². The first-order chi connectivity index (χ1) is 12.6. The highest BCUT2D eigenvalue weighted by molar-refractivity contribution is 7.96. The SMILES string of the molecule is Cc1cc(C)c2c(c1)CC(c1ccccc1)C1=C(C(=O)CC1(C)C)S2(=O)=O. The summed E-state index contributed by atoms with van der Waals surface area (Å²) in [5.74, 6) is -0.358. The van der Waals surface area contributed by atoms with Crippen molar-refractivity contribution >= 4 is 15.6 Å². The molecule has 0 N–H and O–H groups in total. The zero-order valence-corrected chi connectivity index (χ0v) is 17.0. The molecule has 0 saturated carbocycles. The zero-order chi connectivity index (χ0) is 19.6. The van der Waals surface area contributed by atoms with E-state index in [9.17, 15) is 13.2 Å². The Kier molecular flexibility index (Phi) is 3.97. The summed E-state index contributed by atoms with van der Waals surface area (Å²) in [5.41, 5.74) is 3.97. The molecule has 0 aromatic heterocycles. The minimum absolute atomic E-state index is 0.0482. The van der Waals surface area contributed by atoms with Gasteiger partial charge in [-0.15, -0.1) is 0 Å². The minimum atomic E-state index is -3.83. The summed E-state index contributed by atoms with van der Waals surface area (Å²) in [5, 5.41) is 0. The summed E-state index contributed by atoms with van der Waals surface area (Å²) in [6.45, 7) is 7.80. The molecule has 4 rings (SSSR count). The van der Waals surface area contributed by atoms with Crippen molar-refractivity contribution in [3.05, 3.63) is 75.2 Å². The lowest BCUT2D eigenvalue weighted by Crippen LogP contribution is -2.19. The monoisotopic (exact) mass is 380 g/mol. The van der Waals surface area contributed by atoms with Crippen LogP contribution >= 0.6 is 0 Å². The van der Waals surface area contributed by atoms with Crippen LogP contribution in [-0.2, 0) is 21.1 Å². The summed E-state index contributed by atoms with van der Waals surface area (Å²) in [4.78, 5) is 13.3. The minimum Gasteiger partial charge on any atom is -0.293 e. The van der Waals surface area contributed by atoms with Crippen molar-refractivity contribution in [3.8, 4) is 0 Å². The van der Waals surface area contributed by atoms with Gasteiger partial charge in [0.2, 0.25) is 9.84 Å². The van der Waals surface area contributed by atoms with E-state index in [1.807, 2.05) is 70.2 Å². The molecule has 2 aromatic rings. The van der Waals surface area contributed by atoms with Crippen LogP contribution < -0.4 is 0 Å². The van der Waals surface area contributed by atoms with Crippen LogP contribution in [0.5, 0.6) is 0 Å². The van der Waals surface area contributed by atoms with Gasteiger partial charge in [-0.25, -0.2) is 8.42 Å². The fraction of sp³-hybridized carbons (Fsp3) is 0.348. The molecule has 0 fully saturated rings. The second-order valence-electron chi connectivity index (χ2n) is 8.47. The lowest BCUT2D eigenvalue weighted by molar-refractivity contribution is -0.115. The number of ketones is 1. The fourth-order valence-corrected chi connectivity index (χ4v) is 7.19. The van der Waals surface area contributed by atoms with E-state index in [1.165, 1.54) is 0 Å². The number of carbonyl (C=O) groups excluding carboxylic acids is 1. The summed E-state index contributed by atoms with van der Waals surface area (Å²) >= 11 is 0. The Morgan fingerprint density at radius 3 is 2.37 bits per heavy atom. The van der Waals surface area contributed by atoms with Crippen LogP contribution in [0.3, 0.4) is 0 Å². The number of allylic oxidation sites excluding steroid dienone is 2. The first-order valence-electron chi connectivity index (χ1n) is 9.31. The van der Waals surface area contributed by atoms with Gasteiger partial charge in [-0.3, -0.25) is 4.79 Å². The normalized spacial score (nSPS) is 23.0. The Hall–Kier alpha value is -2.20. The highest BCUT2D eigenvalue weighted by Gasteiger charge is 2.49. The van der Waals surface area contributed by atoms with Crippen LogP contribution in [0.4, 0.5) is 0 Å². The molecule has 0 bridgehead atoms. The number of fused-ring (bicyclic) bond motifs is 1. The molecule has 0 amide bonds. The van der Waals surface area contributed by atoms with Crippen molar-refractivity contribution in [1.82, 2.24) is 0 Å². The van der Waals surface area contributed by atoms with E-state index in [-0.39, 0.29) is 23.0 Å². The number of carbonyl (C=O) groups is 1. The van der Waals surface area contributed by atoms with Gasteiger partial charge >= 0.3 is 0 Å². The molecule has 2 aliphatic rings. The van der Waals surface area contributed by atoms with E-state index >= 15 is 0 Å². The van der Waals surface area contributed by atoms with Crippen LogP contribution in [0, 0.1) is 19.3 Å². The van der Waals surface area contributed by atoms with Crippen molar-refractivity contribution in [2.45, 2.75) is 51.3 Å². The molecule has 1 heterocycles. The highest BCUT2D eigenvalue weighted by Crippen LogP contribution is 2.53. The standard InChI is InChI=1S/C23H24O3S/c1-14-10-15(2)21-17(11-14)12-18(16-8-6-5-7-9-16)20-22(27(21,25)26)19(24)13-23(20,3)4/h5-11,18H,12-13H2,1-4H3. The summed E-state index contributed by atoms with van der Waals surface area (Å²) in [6.07, 6.45) is 0.844. The third-order valence-electron chi connectivity index (χ3n) is 5.84. The van der Waals surface area contributed by atoms with Crippen molar-refractivity contribution in [2.75, 3.05) is 0 Å². The number of hydrogen-bond acceptors (Lipinski definition) is 3. The fourth-order valence-electron chi connectivity index (χ4n) is 4.93. The molecule has 1 aliphatic heterocycles. The van der Waals surface area contributed by atoms with Crippen molar-refractivity contribution in [1.29, 1.82) is 0 Å². The van der Waals surface area contributed by atoms with E-state index in [0.29, 0.717) is 11.3 Å². The summed E-state index contributed by atoms with van der Waals surface area (Å²) in [7, 11) is -3.83. The van der Waals surface area contributed by atoms with E-state index in [2.05, 4.69) is 0 Å². The maximum Gasteiger partial charge on any atom is 0.210 e. The molecule has 1 unspecified atom stereocenters. The van der Waals surface area contributed by atoms with Crippen molar-refractivity contribution < 1.29 is 13.2 Å². The first-order valence-corrected chi connectivity index (χ1v) is 10.8. The number of hydrogen-bond donors (Lipinski definition) is 0. The van der Waals surface area contributed by atoms with E-state index in [1.54, 1.807) is 0 Å². The van der Waals surface area contributed by atoms with Gasteiger partial charge in [0.1, 0.15) is 4.91 Å². The van der Waals surface area contributed by atoms with Gasteiger partial charge in [0.25, 0.3) is 0 Å². The van der Waals surface area contributed by atoms with Crippen LogP contribution in [0.15, 0.2) is 57.8 Å². The van der Waals surface area contributed by atoms with E-state index in [0.717, 1.165) is 27.8 Å². The molecule has 140 valence electrons. The number of rotatable bonds is 1.